The first-order chi connectivity index (χ1) is 29.6. The van der Waals surface area contributed by atoms with Gasteiger partial charge < -0.3 is 9.30 Å². The van der Waals surface area contributed by atoms with Gasteiger partial charge in [-0.25, -0.2) is 4.98 Å². The second-order valence-electron chi connectivity index (χ2n) is 15.7. The van der Waals surface area contributed by atoms with E-state index in [-0.39, 0.29) is 0 Å². The molecule has 0 amide bonds. The largest absolute Gasteiger partial charge is 0.457 e. The molecule has 0 saturated heterocycles. The van der Waals surface area contributed by atoms with Crippen molar-refractivity contribution < 1.29 is 9.30 Å². The van der Waals surface area contributed by atoms with Crippen molar-refractivity contribution in [1.29, 1.82) is 0 Å². The minimum Gasteiger partial charge on any atom is -0.457 e. The molecule has 282 valence electrons. The van der Waals surface area contributed by atoms with E-state index in [4.69, 9.17) is 9.72 Å². The van der Waals surface area contributed by atoms with E-state index in [0.717, 1.165) is 77.2 Å². The van der Waals surface area contributed by atoms with Gasteiger partial charge in [-0.05, 0) is 57.6 Å². The summed E-state index contributed by atoms with van der Waals surface area (Å²) in [6.07, 6.45) is 0. The molecular formula is C56H36NO2P. The molecule has 4 heteroatoms. The van der Waals surface area contributed by atoms with Gasteiger partial charge in [-0.3, -0.25) is 0 Å². The van der Waals surface area contributed by atoms with Crippen LogP contribution in [0.15, 0.2) is 218 Å². The summed E-state index contributed by atoms with van der Waals surface area (Å²) in [7, 11) is -3.12. The smallest absolute Gasteiger partial charge is 0.171 e. The Bertz CT molecular complexity index is 3270. The van der Waals surface area contributed by atoms with Crippen LogP contribution in [0, 0.1) is 0 Å². The summed E-state index contributed by atoms with van der Waals surface area (Å²) < 4.78 is 21.9. The fourth-order valence-corrected chi connectivity index (χ4v) is 12.7. The number of nitrogens with zero attached hydrogens (tertiary/aromatic N) is 1. The lowest BCUT2D eigenvalue weighted by atomic mass is 9.66. The number of fused-ring (bicyclic) bond motifs is 13. The maximum atomic E-state index is 15.2. The summed E-state index contributed by atoms with van der Waals surface area (Å²) in [6.45, 7) is 0. The third kappa shape index (κ3) is 4.91. The highest BCUT2D eigenvalue weighted by atomic mass is 31.2. The van der Waals surface area contributed by atoms with Crippen LogP contribution in [0.1, 0.15) is 22.3 Å². The van der Waals surface area contributed by atoms with Crippen LogP contribution in [-0.2, 0) is 9.98 Å². The van der Waals surface area contributed by atoms with Gasteiger partial charge in [-0.2, -0.15) is 0 Å². The predicted molar refractivity (Wildman–Crippen MR) is 247 cm³/mol. The van der Waals surface area contributed by atoms with E-state index in [1.165, 1.54) is 27.6 Å². The molecule has 0 fully saturated rings. The fraction of sp³-hybridized carbons (Fsp3) is 0.0179. The molecule has 3 nitrogen and oxygen atoms in total. The van der Waals surface area contributed by atoms with Crippen LogP contribution < -0.4 is 20.7 Å². The van der Waals surface area contributed by atoms with Gasteiger partial charge in [-0.15, -0.1) is 0 Å². The lowest BCUT2D eigenvalue weighted by Gasteiger charge is -2.39. The summed E-state index contributed by atoms with van der Waals surface area (Å²) in [6, 6.07) is 75.8. The summed E-state index contributed by atoms with van der Waals surface area (Å²) in [5, 5.41) is 5.82. The van der Waals surface area contributed by atoms with E-state index >= 15 is 4.57 Å². The molecule has 0 bridgehead atoms. The molecule has 1 aromatic heterocycles. The number of para-hydroxylation sites is 2. The molecular weight excluding hydrogens is 750 g/mol. The third-order valence-corrected chi connectivity index (χ3v) is 15.7. The maximum absolute atomic E-state index is 15.2. The Morgan fingerprint density at radius 2 is 0.950 bits per heavy atom. The van der Waals surface area contributed by atoms with Gasteiger partial charge in [0.2, 0.25) is 0 Å². The molecule has 1 spiro atoms. The zero-order valence-electron chi connectivity index (χ0n) is 32.5. The van der Waals surface area contributed by atoms with Gasteiger partial charge in [-0.1, -0.05) is 194 Å². The van der Waals surface area contributed by atoms with E-state index in [2.05, 4.69) is 146 Å². The summed E-state index contributed by atoms with van der Waals surface area (Å²) in [5.74, 6) is 1.75. The molecule has 1 aliphatic heterocycles. The summed E-state index contributed by atoms with van der Waals surface area (Å²) in [4.78, 5) is 5.42. The average molecular weight is 786 g/mol. The lowest BCUT2D eigenvalue weighted by Crippen LogP contribution is -2.32. The minimum absolute atomic E-state index is 0.590. The lowest BCUT2D eigenvalue weighted by molar-refractivity contribution is 0.436. The highest BCUT2D eigenvalue weighted by Crippen LogP contribution is 2.63. The predicted octanol–water partition coefficient (Wildman–Crippen LogP) is 12.8. The molecule has 0 radical (unpaired) electrons. The van der Waals surface area contributed by atoms with E-state index in [1.54, 1.807) is 0 Å². The first-order valence-electron chi connectivity index (χ1n) is 20.4. The quantitative estimate of drug-likeness (QED) is 0.129. The monoisotopic (exact) mass is 785 g/mol. The van der Waals surface area contributed by atoms with Crippen molar-refractivity contribution in [2.75, 3.05) is 0 Å². The zero-order valence-corrected chi connectivity index (χ0v) is 33.4. The first kappa shape index (κ1) is 34.7. The van der Waals surface area contributed by atoms with Gasteiger partial charge in [0, 0.05) is 48.8 Å². The Balaban J connectivity index is 1.12. The van der Waals surface area contributed by atoms with Crippen LogP contribution in [0.25, 0.3) is 55.2 Å². The van der Waals surface area contributed by atoms with Crippen molar-refractivity contribution in [3.05, 3.63) is 241 Å². The Morgan fingerprint density at radius 1 is 0.417 bits per heavy atom. The van der Waals surface area contributed by atoms with Crippen LogP contribution >= 0.6 is 7.14 Å². The van der Waals surface area contributed by atoms with Crippen molar-refractivity contribution in [1.82, 2.24) is 4.98 Å². The molecule has 9 aromatic carbocycles. The number of ether oxygens (including phenoxy) is 1. The molecule has 2 aliphatic rings. The fourth-order valence-electron chi connectivity index (χ4n) is 10.0. The highest BCUT2D eigenvalue weighted by Gasteiger charge is 2.51. The van der Waals surface area contributed by atoms with E-state index < -0.39 is 12.6 Å². The van der Waals surface area contributed by atoms with Crippen LogP contribution in [-0.4, -0.2) is 4.98 Å². The average Bonchev–Trinajstić information content (AvgIpc) is 3.62. The molecule has 2 heterocycles. The van der Waals surface area contributed by atoms with Crippen molar-refractivity contribution >= 4 is 44.7 Å². The number of hydrogen-bond acceptors (Lipinski definition) is 3. The standard InChI is InChI=1S/C56H36NO2P/c58-60(40-18-6-2-7-19-40,41-20-8-3-9-21-41)42-31-28-37(29-32-42)39-30-35-50-45(36-39)53-44(55(57-50)38-16-4-1-5-17-38)33-34-49-54(53)43-22-10-11-23-46(43)56(49)47-24-12-14-26-51(47)59-52-27-15-13-25-48(52)56/h1-36H. The van der Waals surface area contributed by atoms with Crippen LogP contribution in [0.2, 0.25) is 0 Å². The van der Waals surface area contributed by atoms with Gasteiger partial charge in [0.25, 0.3) is 0 Å². The van der Waals surface area contributed by atoms with Gasteiger partial charge in [0.15, 0.2) is 7.14 Å². The van der Waals surface area contributed by atoms with E-state index in [0.29, 0.717) is 0 Å². The second kappa shape index (κ2) is 13.4. The number of rotatable bonds is 5. The summed E-state index contributed by atoms with van der Waals surface area (Å²) in [5.41, 5.74) is 11.7. The topological polar surface area (TPSA) is 39.2 Å². The number of aromatic nitrogens is 1. The number of pyridine rings is 1. The Kier molecular flexibility index (Phi) is 7.73. The van der Waals surface area contributed by atoms with Gasteiger partial charge >= 0.3 is 0 Å². The minimum atomic E-state index is -3.12. The van der Waals surface area contributed by atoms with Crippen molar-refractivity contribution in [2.45, 2.75) is 5.41 Å². The van der Waals surface area contributed by atoms with Gasteiger partial charge in [0.1, 0.15) is 11.5 Å². The molecule has 0 saturated carbocycles. The normalized spacial score (nSPS) is 13.3. The van der Waals surface area contributed by atoms with Gasteiger partial charge in [0.05, 0.1) is 16.6 Å². The molecule has 0 atom stereocenters. The number of hydrogen-bond donors (Lipinski definition) is 0. The Labute approximate surface area is 348 Å². The molecule has 1 aliphatic carbocycles. The van der Waals surface area contributed by atoms with Crippen molar-refractivity contribution in [2.24, 2.45) is 0 Å². The Hall–Kier alpha value is -7.32. The van der Waals surface area contributed by atoms with Crippen molar-refractivity contribution in [3.8, 4) is 45.0 Å². The molecule has 0 N–H and O–H groups in total. The molecule has 12 rings (SSSR count). The SMILES string of the molecule is O=P(c1ccccc1)(c1ccccc1)c1ccc(-c2ccc3nc(-c4ccccc4)c4ccc5c(c4c3c2)-c2ccccc2C52c3ccccc3Oc3ccccc32)cc1. The van der Waals surface area contributed by atoms with Crippen LogP contribution in [0.5, 0.6) is 11.5 Å². The Morgan fingerprint density at radius 3 is 1.60 bits per heavy atom. The molecule has 10 aromatic rings. The molecule has 0 unspecified atom stereocenters. The van der Waals surface area contributed by atoms with Crippen LogP contribution in [0.3, 0.4) is 0 Å². The van der Waals surface area contributed by atoms with E-state index in [1.807, 2.05) is 72.8 Å². The van der Waals surface area contributed by atoms with E-state index in [9.17, 15) is 0 Å². The third-order valence-electron chi connectivity index (χ3n) is 12.6. The first-order valence-corrected chi connectivity index (χ1v) is 22.1. The van der Waals surface area contributed by atoms with Crippen molar-refractivity contribution in [3.63, 3.8) is 0 Å². The number of benzene rings is 9. The summed E-state index contributed by atoms with van der Waals surface area (Å²) >= 11 is 0. The second-order valence-corrected chi connectivity index (χ2v) is 18.5. The highest BCUT2D eigenvalue weighted by molar-refractivity contribution is 7.85. The molecule has 60 heavy (non-hydrogen) atoms. The maximum Gasteiger partial charge on any atom is 0.171 e. The van der Waals surface area contributed by atoms with Crippen LogP contribution in [0.4, 0.5) is 0 Å². The zero-order chi connectivity index (χ0) is 39.8.